The first-order valence-electron chi connectivity index (χ1n) is 27.3. The molecule has 0 aliphatic heterocycles. The monoisotopic (exact) mass is 1130 g/mol. The van der Waals surface area contributed by atoms with Crippen LogP contribution < -0.4 is 25.4 Å². The van der Waals surface area contributed by atoms with Crippen LogP contribution in [0.3, 0.4) is 0 Å². The minimum atomic E-state index is -1.06. The fourth-order valence-electron chi connectivity index (χ4n) is 6.19. The number of aromatic nitrogens is 4. The van der Waals surface area contributed by atoms with Crippen LogP contribution in [-0.4, -0.2) is 208 Å². The lowest BCUT2D eigenvalue weighted by Gasteiger charge is -2.19. The molecule has 80 heavy (non-hydrogen) atoms. The van der Waals surface area contributed by atoms with Crippen molar-refractivity contribution in [1.29, 1.82) is 0 Å². The summed E-state index contributed by atoms with van der Waals surface area (Å²) in [5.74, 6) is 2.05. The molecule has 3 N–H and O–H groups in total. The molecule has 25 nitrogen and oxygen atoms in total. The maximum Gasteiger partial charge on any atom is 0.247 e. The fourth-order valence-corrected chi connectivity index (χ4v) is 6.19. The summed E-state index contributed by atoms with van der Waals surface area (Å²) in [6.45, 7) is 20.0. The summed E-state index contributed by atoms with van der Waals surface area (Å²) in [4.78, 5) is 49.6. The normalized spacial score (nSPS) is 11.2. The van der Waals surface area contributed by atoms with E-state index in [1.807, 2.05) is 76.2 Å². The lowest BCUT2D eigenvalue weighted by molar-refractivity contribution is -0.130. The molecule has 0 aliphatic carbocycles. The Labute approximate surface area is 470 Å². The Bertz CT molecular complexity index is 2160. The summed E-state index contributed by atoms with van der Waals surface area (Å²) in [6, 6.07) is 13.6. The van der Waals surface area contributed by atoms with Crippen molar-refractivity contribution in [3.05, 3.63) is 60.3 Å². The van der Waals surface area contributed by atoms with Crippen molar-refractivity contribution in [2.75, 3.05) is 158 Å². The smallest absolute Gasteiger partial charge is 0.247 e. The Morgan fingerprint density at radius 1 is 0.425 bits per heavy atom. The molecule has 0 bridgehead atoms. The molecule has 0 aliphatic rings. The van der Waals surface area contributed by atoms with Crippen molar-refractivity contribution in [3.63, 3.8) is 0 Å². The molecular weight excluding hydrogens is 1050 g/mol. The molecule has 0 saturated heterocycles. The number of carbonyl (C=O) groups is 4. The average molecular weight is 1130 g/mol. The number of benzene rings is 2. The number of hydrogen-bond donors (Lipinski definition) is 3. The van der Waals surface area contributed by atoms with Gasteiger partial charge < -0.3 is 81.6 Å². The number of rotatable bonds is 47. The van der Waals surface area contributed by atoms with Gasteiger partial charge in [-0.2, -0.15) is 0 Å². The second kappa shape index (κ2) is 47.8. The molecule has 2 heterocycles. The van der Waals surface area contributed by atoms with Crippen molar-refractivity contribution >= 4 is 23.5 Å². The Morgan fingerprint density at radius 2 is 0.762 bits per heavy atom. The Balaban J connectivity index is 0.00000534. The summed E-state index contributed by atoms with van der Waals surface area (Å²) in [5.41, 5.74) is 1.62. The first-order chi connectivity index (χ1) is 39.2. The Hall–Kier alpha value is -6.00. The number of ketones is 1. The molecule has 3 amide bonds. The minimum Gasteiger partial charge on any atom is -0.491 e. The van der Waals surface area contributed by atoms with Gasteiger partial charge in [0.2, 0.25) is 41.3 Å². The predicted molar refractivity (Wildman–Crippen MR) is 293 cm³/mol. The van der Waals surface area contributed by atoms with Gasteiger partial charge in [0.15, 0.2) is 0 Å². The van der Waals surface area contributed by atoms with Gasteiger partial charge in [-0.3, -0.25) is 19.2 Å². The van der Waals surface area contributed by atoms with Gasteiger partial charge in [-0.15, -0.1) is 20.4 Å². The number of hydrogen-bond acceptors (Lipinski definition) is 22. The lowest BCUT2D eigenvalue weighted by Crippen LogP contribution is -2.53. The minimum absolute atomic E-state index is 0.0267. The third kappa shape index (κ3) is 35.6. The lowest BCUT2D eigenvalue weighted by atomic mass is 10.2. The maximum absolute atomic E-state index is 13.1. The number of ether oxygens (including phenoxy) is 12. The van der Waals surface area contributed by atoms with E-state index >= 15 is 0 Å². The molecule has 4 aromatic rings. The van der Waals surface area contributed by atoms with Gasteiger partial charge in [-0.25, -0.2) is 0 Å². The second-order valence-electron chi connectivity index (χ2n) is 16.3. The number of carbonyl (C=O) groups excluding carboxylic acids is 4. The maximum atomic E-state index is 13.1. The van der Waals surface area contributed by atoms with Gasteiger partial charge in [0.1, 0.15) is 36.5 Å². The highest BCUT2D eigenvalue weighted by Gasteiger charge is 2.21. The van der Waals surface area contributed by atoms with E-state index < -0.39 is 17.9 Å². The van der Waals surface area contributed by atoms with Crippen LogP contribution in [0.2, 0.25) is 0 Å². The largest absolute Gasteiger partial charge is 0.491 e. The molecule has 4 rings (SSSR count). The SMILES string of the molecule is CC.CC.CC(=O)CCOCCOCCNC(=O)C(CNC(=O)CCOCCOCCOCCOCCOc1ccc(-c2nnc(C)o2)cc1)NC(=O)CCOCCOCCOCCOCCOc1ccc(-c2nnc(C)o2)cc1. The highest BCUT2D eigenvalue weighted by Crippen LogP contribution is 2.22. The van der Waals surface area contributed by atoms with Crippen LogP contribution in [0.25, 0.3) is 22.9 Å². The zero-order valence-corrected chi connectivity index (χ0v) is 47.9. The van der Waals surface area contributed by atoms with Gasteiger partial charge in [-0.05, 0) is 55.5 Å². The molecule has 25 heteroatoms. The van der Waals surface area contributed by atoms with E-state index in [1.54, 1.807) is 13.8 Å². The molecule has 1 unspecified atom stereocenters. The fraction of sp³-hybridized carbons (Fsp3) is 0.636. The number of Topliss-reactive ketones (excluding diaryl/α,β-unsaturated/α-hetero) is 1. The van der Waals surface area contributed by atoms with Gasteiger partial charge in [0.25, 0.3) is 0 Å². The van der Waals surface area contributed by atoms with E-state index in [0.29, 0.717) is 147 Å². The summed E-state index contributed by atoms with van der Waals surface area (Å²) in [6.07, 6.45) is 0.332. The van der Waals surface area contributed by atoms with Crippen molar-refractivity contribution < 1.29 is 84.9 Å². The van der Waals surface area contributed by atoms with Crippen LogP contribution in [0, 0.1) is 13.8 Å². The van der Waals surface area contributed by atoms with E-state index in [1.165, 1.54) is 6.92 Å². The van der Waals surface area contributed by atoms with Crippen molar-refractivity contribution in [1.82, 2.24) is 36.3 Å². The third-order valence-electron chi connectivity index (χ3n) is 10.1. The molecule has 0 spiro atoms. The molecule has 0 fully saturated rings. The predicted octanol–water partition coefficient (Wildman–Crippen LogP) is 4.56. The van der Waals surface area contributed by atoms with Crippen LogP contribution >= 0.6 is 0 Å². The van der Waals surface area contributed by atoms with Gasteiger partial charge in [0, 0.05) is 57.3 Å². The molecule has 0 radical (unpaired) electrons. The third-order valence-corrected chi connectivity index (χ3v) is 10.1. The quantitative estimate of drug-likeness (QED) is 0.0511. The van der Waals surface area contributed by atoms with Crippen LogP contribution in [0.5, 0.6) is 11.5 Å². The van der Waals surface area contributed by atoms with Crippen molar-refractivity contribution in [3.8, 4) is 34.4 Å². The topological polar surface area (TPSA) is 293 Å². The van der Waals surface area contributed by atoms with E-state index in [9.17, 15) is 19.2 Å². The zero-order valence-electron chi connectivity index (χ0n) is 47.9. The summed E-state index contributed by atoms with van der Waals surface area (Å²) in [7, 11) is 0. The second-order valence-corrected chi connectivity index (χ2v) is 16.3. The van der Waals surface area contributed by atoms with Crippen LogP contribution in [0.4, 0.5) is 0 Å². The van der Waals surface area contributed by atoms with E-state index in [2.05, 4.69) is 36.3 Å². The van der Waals surface area contributed by atoms with E-state index in [0.717, 1.165) is 11.1 Å². The van der Waals surface area contributed by atoms with Crippen LogP contribution in [0.15, 0.2) is 57.4 Å². The molecular formula is C55H87N7O18. The zero-order chi connectivity index (χ0) is 58.1. The van der Waals surface area contributed by atoms with Crippen LogP contribution in [0.1, 0.15) is 65.7 Å². The molecule has 450 valence electrons. The summed E-state index contributed by atoms with van der Waals surface area (Å²) < 4.78 is 77.4. The Kier molecular flexibility index (Phi) is 41.9. The number of amides is 3. The molecule has 2 aromatic carbocycles. The number of aryl methyl sites for hydroxylation is 2. The first-order valence-corrected chi connectivity index (χ1v) is 27.3. The summed E-state index contributed by atoms with van der Waals surface area (Å²) >= 11 is 0. The van der Waals surface area contributed by atoms with Crippen LogP contribution in [-0.2, 0) is 66.5 Å². The van der Waals surface area contributed by atoms with Gasteiger partial charge in [-0.1, -0.05) is 27.7 Å². The Morgan fingerprint density at radius 3 is 1.12 bits per heavy atom. The van der Waals surface area contributed by atoms with Gasteiger partial charge in [0.05, 0.1) is 132 Å². The molecule has 1 atom stereocenters. The van der Waals surface area contributed by atoms with E-state index in [-0.39, 0.29) is 77.3 Å². The summed E-state index contributed by atoms with van der Waals surface area (Å²) in [5, 5.41) is 23.7. The molecule has 2 aromatic heterocycles. The first kappa shape index (κ1) is 70.1. The standard InChI is InChI=1S/C51H75N7O18.2C2H6/c1-39(59)12-16-63-20-23-66-19-15-52-49(62)46(54-48(61)14-18-65-22-25-68-27-29-70-31-33-72-35-37-74-45-10-6-43(7-11-45)51-58-56-41(3)76-51)38-53-47(60)13-17-64-21-24-67-26-28-69-30-32-71-34-36-73-44-8-4-42(5-9-44)50-57-55-40(2)75-50;2*1-2/h4-11,46H,12-38H2,1-3H3,(H,52,62)(H,53,60)(H,54,61);2*1-2H3. The number of nitrogens with one attached hydrogen (secondary N) is 3. The molecule has 0 saturated carbocycles. The average Bonchev–Trinajstić information content (AvgIpc) is 4.12. The highest BCUT2D eigenvalue weighted by molar-refractivity contribution is 5.88. The number of nitrogens with zero attached hydrogens (tertiary/aromatic N) is 4. The van der Waals surface area contributed by atoms with Crippen molar-refractivity contribution in [2.45, 2.75) is 73.8 Å². The van der Waals surface area contributed by atoms with E-state index in [4.69, 9.17) is 65.7 Å². The van der Waals surface area contributed by atoms with Gasteiger partial charge >= 0.3 is 0 Å². The van der Waals surface area contributed by atoms with Crippen molar-refractivity contribution in [2.24, 2.45) is 0 Å². The highest BCUT2D eigenvalue weighted by atomic mass is 16.6.